The zero-order valence-electron chi connectivity index (χ0n) is 9.71. The second-order valence-corrected chi connectivity index (χ2v) is 7.33. The summed E-state index contributed by atoms with van der Waals surface area (Å²) >= 11 is 8.50. The molecular formula is C13H12Br2FNS. The summed E-state index contributed by atoms with van der Waals surface area (Å²) in [5.74, 6) is -0.158. The van der Waals surface area contributed by atoms with Crippen LogP contribution in [0.15, 0.2) is 38.6 Å². The van der Waals surface area contributed by atoms with Crippen molar-refractivity contribution in [2.24, 2.45) is 0 Å². The minimum atomic E-state index is -0.158. The molecule has 0 bridgehead atoms. The van der Waals surface area contributed by atoms with Gasteiger partial charge in [0.25, 0.3) is 0 Å². The average Bonchev–Trinajstić information content (AvgIpc) is 2.77. The second kappa shape index (κ2) is 6.28. The van der Waals surface area contributed by atoms with Crippen molar-refractivity contribution < 1.29 is 4.39 Å². The molecule has 0 fully saturated rings. The van der Waals surface area contributed by atoms with Gasteiger partial charge >= 0.3 is 0 Å². The summed E-state index contributed by atoms with van der Waals surface area (Å²) in [6, 6.07) is 9.26. The van der Waals surface area contributed by atoms with Crippen LogP contribution in [0.25, 0.3) is 0 Å². The average molecular weight is 393 g/mol. The third-order valence-electron chi connectivity index (χ3n) is 2.72. The quantitative estimate of drug-likeness (QED) is 0.778. The van der Waals surface area contributed by atoms with Gasteiger partial charge in [-0.2, -0.15) is 0 Å². The van der Waals surface area contributed by atoms with Crippen molar-refractivity contribution in [1.82, 2.24) is 5.32 Å². The molecule has 5 heteroatoms. The number of halogens is 3. The monoisotopic (exact) mass is 391 g/mol. The minimum absolute atomic E-state index is 0.130. The summed E-state index contributed by atoms with van der Waals surface area (Å²) in [6.07, 6.45) is 0.634. The first-order chi connectivity index (χ1) is 8.60. The van der Waals surface area contributed by atoms with Crippen molar-refractivity contribution in [3.05, 3.63) is 54.8 Å². The molecule has 1 aromatic heterocycles. The lowest BCUT2D eigenvalue weighted by molar-refractivity contribution is 0.559. The van der Waals surface area contributed by atoms with Crippen LogP contribution in [0.1, 0.15) is 16.5 Å². The Labute approximate surface area is 127 Å². The molecule has 2 aromatic rings. The molecule has 1 unspecified atom stereocenters. The molecule has 2 rings (SSSR count). The molecule has 0 amide bonds. The van der Waals surface area contributed by atoms with Gasteiger partial charge < -0.3 is 5.32 Å². The predicted octanol–water partition coefficient (Wildman–Crippen LogP) is 4.92. The summed E-state index contributed by atoms with van der Waals surface area (Å²) in [4.78, 5) is 1.20. The molecule has 0 saturated carbocycles. The topological polar surface area (TPSA) is 12.0 Å². The van der Waals surface area contributed by atoms with Crippen LogP contribution in [-0.2, 0) is 6.42 Å². The summed E-state index contributed by atoms with van der Waals surface area (Å²) < 4.78 is 15.7. The van der Waals surface area contributed by atoms with E-state index in [9.17, 15) is 4.39 Å². The molecule has 96 valence electrons. The highest BCUT2D eigenvalue weighted by Crippen LogP contribution is 2.30. The Morgan fingerprint density at radius 2 is 2.06 bits per heavy atom. The smallest absolute Gasteiger partial charge is 0.126 e. The van der Waals surface area contributed by atoms with Crippen LogP contribution in [0.4, 0.5) is 4.39 Å². The summed E-state index contributed by atoms with van der Waals surface area (Å²) in [7, 11) is 1.90. The Morgan fingerprint density at radius 1 is 1.28 bits per heavy atom. The Kier molecular flexibility index (Phi) is 4.95. The van der Waals surface area contributed by atoms with Crippen molar-refractivity contribution in [2.45, 2.75) is 12.5 Å². The SMILES string of the molecule is CNC(Cc1cc(Br)ccc1F)c1ccc(Br)s1. The van der Waals surface area contributed by atoms with Crippen LogP contribution in [-0.4, -0.2) is 7.05 Å². The molecule has 0 saturated heterocycles. The molecule has 0 aliphatic rings. The van der Waals surface area contributed by atoms with Gasteiger partial charge in [-0.1, -0.05) is 15.9 Å². The molecule has 1 atom stereocenters. The van der Waals surface area contributed by atoms with Gasteiger partial charge in [0.2, 0.25) is 0 Å². The summed E-state index contributed by atoms with van der Waals surface area (Å²) in [5.41, 5.74) is 0.716. The van der Waals surface area contributed by atoms with Crippen LogP contribution in [0.3, 0.4) is 0 Å². The minimum Gasteiger partial charge on any atom is -0.312 e. The van der Waals surface area contributed by atoms with Crippen LogP contribution in [0, 0.1) is 5.82 Å². The van der Waals surface area contributed by atoms with Crippen molar-refractivity contribution in [3.8, 4) is 0 Å². The number of thiophene rings is 1. The standard InChI is InChI=1S/C13H12Br2FNS/c1-17-11(12-4-5-13(15)18-12)7-8-6-9(14)2-3-10(8)16/h2-6,11,17H,7H2,1H3. The van der Waals surface area contributed by atoms with Gasteiger partial charge in [0, 0.05) is 15.4 Å². The van der Waals surface area contributed by atoms with Gasteiger partial charge in [0.05, 0.1) is 3.79 Å². The maximum absolute atomic E-state index is 13.7. The van der Waals surface area contributed by atoms with Gasteiger partial charge in [-0.3, -0.25) is 0 Å². The Morgan fingerprint density at radius 3 is 2.67 bits per heavy atom. The molecule has 0 aliphatic carbocycles. The number of hydrogen-bond acceptors (Lipinski definition) is 2. The zero-order valence-corrected chi connectivity index (χ0v) is 13.7. The lowest BCUT2D eigenvalue weighted by Crippen LogP contribution is -2.18. The number of hydrogen-bond donors (Lipinski definition) is 1. The van der Waals surface area contributed by atoms with E-state index in [0.717, 1.165) is 8.26 Å². The van der Waals surface area contributed by atoms with Gasteiger partial charge in [-0.25, -0.2) is 4.39 Å². The van der Waals surface area contributed by atoms with E-state index in [4.69, 9.17) is 0 Å². The van der Waals surface area contributed by atoms with E-state index < -0.39 is 0 Å². The van der Waals surface area contributed by atoms with E-state index in [2.05, 4.69) is 43.2 Å². The first kappa shape index (κ1) is 14.2. The highest BCUT2D eigenvalue weighted by atomic mass is 79.9. The molecule has 1 N–H and O–H groups in total. The van der Waals surface area contributed by atoms with Crippen LogP contribution in [0.2, 0.25) is 0 Å². The van der Waals surface area contributed by atoms with E-state index in [1.807, 2.05) is 19.2 Å². The largest absolute Gasteiger partial charge is 0.312 e. The van der Waals surface area contributed by atoms with Crippen molar-refractivity contribution in [2.75, 3.05) is 7.05 Å². The third-order valence-corrected chi connectivity index (χ3v) is 4.95. The first-order valence-electron chi connectivity index (χ1n) is 5.46. The van der Waals surface area contributed by atoms with Crippen molar-refractivity contribution in [3.63, 3.8) is 0 Å². The normalized spacial score (nSPS) is 12.7. The Hall–Kier alpha value is -0.230. The number of nitrogens with one attached hydrogen (secondary N) is 1. The molecular weight excluding hydrogens is 381 g/mol. The van der Waals surface area contributed by atoms with Crippen molar-refractivity contribution >= 4 is 43.2 Å². The molecule has 1 aromatic carbocycles. The molecule has 1 nitrogen and oxygen atoms in total. The van der Waals surface area contributed by atoms with Gasteiger partial charge in [0.15, 0.2) is 0 Å². The van der Waals surface area contributed by atoms with E-state index in [0.29, 0.717) is 12.0 Å². The maximum atomic E-state index is 13.7. The Bertz CT molecular complexity index is 542. The van der Waals surface area contributed by atoms with E-state index in [-0.39, 0.29) is 11.9 Å². The lowest BCUT2D eigenvalue weighted by atomic mass is 10.0. The van der Waals surface area contributed by atoms with Crippen LogP contribution < -0.4 is 5.32 Å². The lowest BCUT2D eigenvalue weighted by Gasteiger charge is -2.15. The van der Waals surface area contributed by atoms with Gasteiger partial charge in [0.1, 0.15) is 5.82 Å². The van der Waals surface area contributed by atoms with E-state index in [1.54, 1.807) is 17.4 Å². The molecule has 0 aliphatic heterocycles. The zero-order chi connectivity index (χ0) is 13.1. The van der Waals surface area contributed by atoms with Gasteiger partial charge in [-0.05, 0) is 65.3 Å². The Balaban J connectivity index is 2.22. The summed E-state index contributed by atoms with van der Waals surface area (Å²) in [5, 5.41) is 3.23. The predicted molar refractivity (Wildman–Crippen MR) is 81.6 cm³/mol. The first-order valence-corrected chi connectivity index (χ1v) is 7.87. The fourth-order valence-corrected chi connectivity index (χ4v) is 3.72. The van der Waals surface area contributed by atoms with E-state index >= 15 is 0 Å². The van der Waals surface area contributed by atoms with Crippen LogP contribution >= 0.6 is 43.2 Å². The van der Waals surface area contributed by atoms with Crippen molar-refractivity contribution in [1.29, 1.82) is 0 Å². The fourth-order valence-electron chi connectivity index (χ4n) is 1.78. The third kappa shape index (κ3) is 3.41. The van der Waals surface area contributed by atoms with Crippen LogP contribution in [0.5, 0.6) is 0 Å². The highest BCUT2D eigenvalue weighted by Gasteiger charge is 2.14. The molecule has 0 spiro atoms. The molecule has 0 radical (unpaired) electrons. The second-order valence-electron chi connectivity index (χ2n) is 3.92. The number of benzene rings is 1. The van der Waals surface area contributed by atoms with Gasteiger partial charge in [-0.15, -0.1) is 11.3 Å². The molecule has 18 heavy (non-hydrogen) atoms. The summed E-state index contributed by atoms with van der Waals surface area (Å²) in [6.45, 7) is 0. The maximum Gasteiger partial charge on any atom is 0.126 e. The molecule has 1 heterocycles. The van der Waals surface area contributed by atoms with E-state index in [1.165, 1.54) is 10.9 Å². The number of likely N-dealkylation sites (N-methyl/N-ethyl adjacent to an activating group) is 1. The highest BCUT2D eigenvalue weighted by molar-refractivity contribution is 9.11. The fraction of sp³-hybridized carbons (Fsp3) is 0.231. The number of rotatable bonds is 4.